The molecular weight excluding hydrogens is 215 g/mol. The fourth-order valence-corrected chi connectivity index (χ4v) is 1.37. The van der Waals surface area contributed by atoms with Crippen LogP contribution in [0, 0.1) is 5.82 Å². The van der Waals surface area contributed by atoms with Gasteiger partial charge >= 0.3 is 5.97 Å². The molecule has 0 fully saturated rings. The topological polar surface area (TPSA) is 55.8 Å². The molecule has 1 aromatic carbocycles. The third kappa shape index (κ3) is 2.85. The van der Waals surface area contributed by atoms with Gasteiger partial charge in [0, 0.05) is 6.42 Å². The number of carboxylic acids is 1. The molecule has 0 atom stereocenters. The van der Waals surface area contributed by atoms with Gasteiger partial charge in [0.15, 0.2) is 17.3 Å². The summed E-state index contributed by atoms with van der Waals surface area (Å²) in [5.41, 5.74) is 0.567. The van der Waals surface area contributed by atoms with Crippen molar-refractivity contribution in [1.82, 2.24) is 0 Å². The van der Waals surface area contributed by atoms with E-state index in [0.717, 1.165) is 0 Å². The number of hydrogen-bond acceptors (Lipinski definition) is 3. The molecule has 4 nitrogen and oxygen atoms in total. The van der Waals surface area contributed by atoms with Gasteiger partial charge in [-0.25, -0.2) is 4.39 Å². The van der Waals surface area contributed by atoms with E-state index in [1.807, 2.05) is 0 Å². The first-order valence-electron chi connectivity index (χ1n) is 4.70. The van der Waals surface area contributed by atoms with E-state index in [2.05, 4.69) is 0 Å². The molecule has 0 aromatic heterocycles. The summed E-state index contributed by atoms with van der Waals surface area (Å²) in [5, 5.41) is 8.52. The van der Waals surface area contributed by atoms with Crippen LogP contribution in [-0.2, 0) is 11.2 Å². The predicted octanol–water partition coefficient (Wildman–Crippen LogP) is 1.86. The summed E-state index contributed by atoms with van der Waals surface area (Å²) in [6.45, 7) is 0. The predicted molar refractivity (Wildman–Crippen MR) is 55.5 cm³/mol. The van der Waals surface area contributed by atoms with E-state index in [1.165, 1.54) is 20.3 Å². The van der Waals surface area contributed by atoms with Crippen molar-refractivity contribution in [2.45, 2.75) is 12.8 Å². The first-order valence-corrected chi connectivity index (χ1v) is 4.70. The van der Waals surface area contributed by atoms with Crippen molar-refractivity contribution in [3.63, 3.8) is 0 Å². The molecule has 5 heteroatoms. The molecule has 0 spiro atoms. The van der Waals surface area contributed by atoms with Gasteiger partial charge in [-0.1, -0.05) is 0 Å². The van der Waals surface area contributed by atoms with Crippen molar-refractivity contribution in [3.8, 4) is 11.5 Å². The number of halogens is 1. The maximum absolute atomic E-state index is 13.5. The summed E-state index contributed by atoms with van der Waals surface area (Å²) in [7, 11) is 2.75. The zero-order valence-corrected chi connectivity index (χ0v) is 9.12. The van der Waals surface area contributed by atoms with Crippen LogP contribution >= 0.6 is 0 Å². The molecule has 16 heavy (non-hydrogen) atoms. The zero-order chi connectivity index (χ0) is 12.1. The van der Waals surface area contributed by atoms with E-state index in [9.17, 15) is 9.18 Å². The third-order valence-corrected chi connectivity index (χ3v) is 2.12. The molecule has 0 saturated carbocycles. The number of carboxylic acid groups (broad SMARTS) is 1. The van der Waals surface area contributed by atoms with Crippen molar-refractivity contribution < 1.29 is 23.8 Å². The number of hydrogen-bond donors (Lipinski definition) is 1. The van der Waals surface area contributed by atoms with Crippen molar-refractivity contribution in [1.29, 1.82) is 0 Å². The number of ether oxygens (including phenoxy) is 2. The minimum absolute atomic E-state index is 0.0292. The van der Waals surface area contributed by atoms with Crippen LogP contribution < -0.4 is 9.47 Å². The smallest absolute Gasteiger partial charge is 0.303 e. The van der Waals surface area contributed by atoms with Crippen LogP contribution in [0.15, 0.2) is 12.1 Å². The highest BCUT2D eigenvalue weighted by molar-refractivity contribution is 5.67. The molecule has 0 bridgehead atoms. The van der Waals surface area contributed by atoms with Gasteiger partial charge in [0.1, 0.15) is 0 Å². The summed E-state index contributed by atoms with van der Waals surface area (Å²) < 4.78 is 23.3. The summed E-state index contributed by atoms with van der Waals surface area (Å²) in [5.74, 6) is -1.18. The Morgan fingerprint density at radius 3 is 2.56 bits per heavy atom. The molecule has 0 radical (unpaired) electrons. The highest BCUT2D eigenvalue weighted by atomic mass is 19.1. The van der Waals surface area contributed by atoms with Crippen LogP contribution in [0.3, 0.4) is 0 Å². The molecule has 88 valence electrons. The second-order valence-electron chi connectivity index (χ2n) is 3.21. The Balaban J connectivity index is 2.96. The Bertz CT molecular complexity index is 390. The van der Waals surface area contributed by atoms with E-state index in [0.29, 0.717) is 5.56 Å². The number of carbonyl (C=O) groups is 1. The van der Waals surface area contributed by atoms with Gasteiger partial charge in [-0.15, -0.1) is 0 Å². The molecule has 1 aromatic rings. The van der Waals surface area contributed by atoms with Crippen molar-refractivity contribution in [2.75, 3.05) is 14.2 Å². The van der Waals surface area contributed by atoms with Gasteiger partial charge in [0.2, 0.25) is 0 Å². The quantitative estimate of drug-likeness (QED) is 0.835. The van der Waals surface area contributed by atoms with Gasteiger partial charge in [0.25, 0.3) is 0 Å². The first kappa shape index (κ1) is 12.3. The Morgan fingerprint density at radius 1 is 1.38 bits per heavy atom. The van der Waals surface area contributed by atoms with Crippen molar-refractivity contribution >= 4 is 5.97 Å². The average molecular weight is 228 g/mol. The molecule has 0 unspecified atom stereocenters. The van der Waals surface area contributed by atoms with E-state index in [1.54, 1.807) is 6.07 Å². The molecule has 0 amide bonds. The number of methoxy groups -OCH3 is 2. The van der Waals surface area contributed by atoms with Gasteiger partial charge in [0.05, 0.1) is 14.2 Å². The first-order chi connectivity index (χ1) is 7.58. The maximum atomic E-state index is 13.5. The minimum Gasteiger partial charge on any atom is -0.493 e. The average Bonchev–Trinajstić information content (AvgIpc) is 2.25. The fraction of sp³-hybridized carbons (Fsp3) is 0.364. The summed E-state index contributed by atoms with van der Waals surface area (Å²) in [6.07, 6.45) is 0.210. The van der Waals surface area contributed by atoms with Crippen molar-refractivity contribution in [3.05, 3.63) is 23.5 Å². The van der Waals surface area contributed by atoms with Crippen LogP contribution in [0.4, 0.5) is 4.39 Å². The molecule has 0 saturated heterocycles. The van der Waals surface area contributed by atoms with Gasteiger partial charge < -0.3 is 14.6 Å². The minimum atomic E-state index is -0.921. The maximum Gasteiger partial charge on any atom is 0.303 e. The Kier molecular flexibility index (Phi) is 4.10. The Hall–Kier alpha value is -1.78. The molecule has 1 rings (SSSR count). The van der Waals surface area contributed by atoms with E-state index in [4.69, 9.17) is 14.6 Å². The lowest BCUT2D eigenvalue weighted by molar-refractivity contribution is -0.136. The monoisotopic (exact) mass is 228 g/mol. The van der Waals surface area contributed by atoms with Crippen LogP contribution in [-0.4, -0.2) is 25.3 Å². The summed E-state index contributed by atoms with van der Waals surface area (Å²) in [6, 6.07) is 2.83. The lowest BCUT2D eigenvalue weighted by Gasteiger charge is -2.10. The van der Waals surface area contributed by atoms with Crippen LogP contribution in [0.2, 0.25) is 0 Å². The molecule has 0 heterocycles. The van der Waals surface area contributed by atoms with E-state index >= 15 is 0 Å². The largest absolute Gasteiger partial charge is 0.493 e. The van der Waals surface area contributed by atoms with E-state index < -0.39 is 11.8 Å². The fourth-order valence-electron chi connectivity index (χ4n) is 1.37. The zero-order valence-electron chi connectivity index (χ0n) is 9.12. The van der Waals surface area contributed by atoms with Gasteiger partial charge in [-0.2, -0.15) is 0 Å². The Labute approximate surface area is 92.6 Å². The second kappa shape index (κ2) is 5.34. The highest BCUT2D eigenvalue weighted by Crippen LogP contribution is 2.31. The highest BCUT2D eigenvalue weighted by Gasteiger charge is 2.12. The molecule has 0 aliphatic heterocycles. The normalized spacial score (nSPS) is 9.94. The van der Waals surface area contributed by atoms with Gasteiger partial charge in [-0.05, 0) is 24.1 Å². The second-order valence-corrected chi connectivity index (χ2v) is 3.21. The number of aliphatic carboxylic acids is 1. The van der Waals surface area contributed by atoms with E-state index in [-0.39, 0.29) is 24.3 Å². The van der Waals surface area contributed by atoms with Crippen LogP contribution in [0.1, 0.15) is 12.0 Å². The number of benzene rings is 1. The SMILES string of the molecule is COc1cc(CCC(=O)O)cc(F)c1OC. The molecular formula is C11H13FO4. The lowest BCUT2D eigenvalue weighted by Crippen LogP contribution is -2.00. The van der Waals surface area contributed by atoms with Crippen molar-refractivity contribution in [2.24, 2.45) is 0 Å². The lowest BCUT2D eigenvalue weighted by atomic mass is 10.1. The standard InChI is InChI=1S/C11H13FO4/c1-15-9-6-7(3-4-10(13)14)5-8(12)11(9)16-2/h5-6H,3-4H2,1-2H3,(H,13,14). The third-order valence-electron chi connectivity index (χ3n) is 2.12. The summed E-state index contributed by atoms with van der Waals surface area (Å²) >= 11 is 0. The number of aryl methyl sites for hydroxylation is 1. The van der Waals surface area contributed by atoms with Gasteiger partial charge in [-0.3, -0.25) is 4.79 Å². The number of rotatable bonds is 5. The Morgan fingerprint density at radius 2 is 2.06 bits per heavy atom. The van der Waals surface area contributed by atoms with Crippen LogP contribution in [0.5, 0.6) is 11.5 Å². The molecule has 0 aliphatic carbocycles. The van der Waals surface area contributed by atoms with Crippen LogP contribution in [0.25, 0.3) is 0 Å². The molecule has 1 N–H and O–H groups in total. The molecule has 0 aliphatic rings. The summed E-state index contributed by atoms with van der Waals surface area (Å²) in [4.78, 5) is 10.4.